The van der Waals surface area contributed by atoms with E-state index < -0.39 is 0 Å². The molecule has 1 amide bonds. The molecule has 0 aliphatic rings. The summed E-state index contributed by atoms with van der Waals surface area (Å²) in [6.45, 7) is 0.232. The van der Waals surface area contributed by atoms with Gasteiger partial charge in [-0.1, -0.05) is 17.7 Å². The van der Waals surface area contributed by atoms with Gasteiger partial charge in [-0.15, -0.1) is 11.5 Å². The first-order valence-corrected chi connectivity index (χ1v) is 4.71. The lowest BCUT2D eigenvalue weighted by molar-refractivity contribution is -0.118. The van der Waals surface area contributed by atoms with E-state index in [4.69, 9.17) is 12.2 Å². The summed E-state index contributed by atoms with van der Waals surface area (Å²) in [7, 11) is 0. The molecule has 74 valence electrons. The maximum Gasteiger partial charge on any atom is 0.231 e. The molecular formula is C7H9N5OS. The van der Waals surface area contributed by atoms with Crippen LogP contribution in [0.4, 0.5) is 5.95 Å². The van der Waals surface area contributed by atoms with Crippen molar-refractivity contribution in [2.75, 3.05) is 18.0 Å². The average molecular weight is 211 g/mol. The Hall–Kier alpha value is -1.68. The third-order valence-corrected chi connectivity index (χ3v) is 2.05. The van der Waals surface area contributed by atoms with Crippen LogP contribution in [-0.2, 0) is 4.79 Å². The fraction of sp³-hybridized carbons (Fsp3) is 0.286. The maximum atomic E-state index is 11.1. The molecule has 0 atom stereocenters. The van der Waals surface area contributed by atoms with Crippen LogP contribution in [0.3, 0.4) is 0 Å². The molecular weight excluding hydrogens is 202 g/mol. The molecule has 0 saturated carbocycles. The number of nitrogens with one attached hydrogen (secondary N) is 2. The number of nitrogens with zero attached hydrogens (tertiary/aromatic N) is 2. The number of nitrogens with two attached hydrogens (primary N) is 1. The van der Waals surface area contributed by atoms with Crippen molar-refractivity contribution in [2.24, 2.45) is 0 Å². The van der Waals surface area contributed by atoms with Gasteiger partial charge in [-0.3, -0.25) is 4.79 Å². The van der Waals surface area contributed by atoms with Gasteiger partial charge >= 0.3 is 0 Å². The fourth-order valence-electron chi connectivity index (χ4n) is 0.653. The van der Waals surface area contributed by atoms with Crippen molar-refractivity contribution in [1.29, 1.82) is 0 Å². The van der Waals surface area contributed by atoms with E-state index >= 15 is 0 Å². The summed E-state index contributed by atoms with van der Waals surface area (Å²) >= 11 is 1.19. The van der Waals surface area contributed by atoms with E-state index in [9.17, 15) is 4.79 Å². The highest BCUT2D eigenvalue weighted by molar-refractivity contribution is 7.99. The smallest absolute Gasteiger partial charge is 0.231 e. The first kappa shape index (κ1) is 10.4. The molecule has 1 heterocycles. The molecule has 0 spiro atoms. The third kappa shape index (κ3) is 3.37. The Morgan fingerprint density at radius 1 is 1.79 bits per heavy atom. The van der Waals surface area contributed by atoms with Crippen molar-refractivity contribution in [3.05, 3.63) is 0 Å². The second-order valence-corrected chi connectivity index (χ2v) is 3.22. The summed E-state index contributed by atoms with van der Waals surface area (Å²) in [5.41, 5.74) is 5.30. The Labute approximate surface area is 85.0 Å². The molecule has 0 aromatic carbocycles. The number of carbonyl (C=O) groups excluding carboxylic acids is 1. The summed E-state index contributed by atoms with van der Waals surface area (Å²) in [6.07, 6.45) is 4.97. The number of H-pyrrole nitrogens is 1. The number of thioether (sulfide) groups is 1. The highest BCUT2D eigenvalue weighted by Gasteiger charge is 2.04. The average Bonchev–Trinajstić information content (AvgIpc) is 2.58. The molecule has 1 rings (SSSR count). The number of amides is 1. The number of rotatable bonds is 4. The van der Waals surface area contributed by atoms with Crippen molar-refractivity contribution < 1.29 is 4.79 Å². The number of nitrogen functional groups attached to an aromatic ring is 1. The minimum Gasteiger partial charge on any atom is -0.368 e. The molecule has 14 heavy (non-hydrogen) atoms. The van der Waals surface area contributed by atoms with Crippen molar-refractivity contribution in [1.82, 2.24) is 20.5 Å². The molecule has 0 aliphatic carbocycles. The van der Waals surface area contributed by atoms with E-state index in [1.165, 1.54) is 11.8 Å². The summed E-state index contributed by atoms with van der Waals surface area (Å²) in [4.78, 5) is 14.9. The molecule has 1 aromatic rings. The van der Waals surface area contributed by atoms with Crippen LogP contribution >= 0.6 is 11.8 Å². The van der Waals surface area contributed by atoms with Crippen molar-refractivity contribution in [2.45, 2.75) is 5.16 Å². The van der Waals surface area contributed by atoms with E-state index in [0.717, 1.165) is 0 Å². The van der Waals surface area contributed by atoms with E-state index in [-0.39, 0.29) is 24.2 Å². The molecule has 6 nitrogen and oxygen atoms in total. The number of aromatic nitrogens is 3. The van der Waals surface area contributed by atoms with Gasteiger partial charge in [0.15, 0.2) is 0 Å². The van der Waals surface area contributed by atoms with Crippen LogP contribution in [-0.4, -0.2) is 33.4 Å². The Bertz CT molecular complexity index is 355. The van der Waals surface area contributed by atoms with Crippen LogP contribution in [0.1, 0.15) is 0 Å². The lowest BCUT2D eigenvalue weighted by atomic mass is 10.6. The van der Waals surface area contributed by atoms with Gasteiger partial charge in [-0.2, -0.15) is 4.98 Å². The van der Waals surface area contributed by atoms with Crippen LogP contribution in [0.15, 0.2) is 5.16 Å². The van der Waals surface area contributed by atoms with E-state index in [1.54, 1.807) is 0 Å². The largest absolute Gasteiger partial charge is 0.368 e. The SMILES string of the molecule is C#CCNC(=O)CSc1n[nH]c(N)n1. The first-order chi connectivity index (χ1) is 6.72. The molecule has 0 bridgehead atoms. The maximum absolute atomic E-state index is 11.1. The number of hydrogen-bond donors (Lipinski definition) is 3. The van der Waals surface area contributed by atoms with Crippen LogP contribution in [0.25, 0.3) is 0 Å². The standard InChI is InChI=1S/C7H9N5OS/c1-2-3-9-5(13)4-14-7-10-6(8)11-12-7/h1H,3-4H2,(H,9,13)(H3,8,10,11,12). The van der Waals surface area contributed by atoms with Gasteiger partial charge in [0.05, 0.1) is 12.3 Å². The summed E-state index contributed by atoms with van der Waals surface area (Å²) in [6, 6.07) is 0. The topological polar surface area (TPSA) is 96.7 Å². The number of terminal acetylenes is 1. The normalized spacial score (nSPS) is 9.36. The predicted octanol–water partition coefficient (Wildman–Crippen LogP) is -0.772. The summed E-state index contributed by atoms with van der Waals surface area (Å²) in [5.74, 6) is 2.60. The molecule has 0 unspecified atom stereocenters. The Balaban J connectivity index is 2.27. The second kappa shape index (κ2) is 5.14. The highest BCUT2D eigenvalue weighted by atomic mass is 32.2. The number of aromatic amines is 1. The minimum absolute atomic E-state index is 0.156. The molecule has 0 aliphatic heterocycles. The number of carbonyl (C=O) groups is 1. The molecule has 1 aromatic heterocycles. The second-order valence-electron chi connectivity index (χ2n) is 2.27. The van der Waals surface area contributed by atoms with Gasteiger partial charge in [0, 0.05) is 0 Å². The van der Waals surface area contributed by atoms with Crippen molar-refractivity contribution >= 4 is 23.6 Å². The number of hydrogen-bond acceptors (Lipinski definition) is 5. The first-order valence-electron chi connectivity index (χ1n) is 3.73. The van der Waals surface area contributed by atoms with Gasteiger partial charge in [-0.05, 0) is 0 Å². The fourth-order valence-corrected chi connectivity index (χ4v) is 1.29. The van der Waals surface area contributed by atoms with Crippen molar-refractivity contribution in [3.63, 3.8) is 0 Å². The third-order valence-electron chi connectivity index (χ3n) is 1.20. The van der Waals surface area contributed by atoms with E-state index in [0.29, 0.717) is 5.16 Å². The van der Waals surface area contributed by atoms with Gasteiger partial charge < -0.3 is 11.1 Å². The quantitative estimate of drug-likeness (QED) is 0.449. The number of anilines is 1. The van der Waals surface area contributed by atoms with Crippen LogP contribution < -0.4 is 11.1 Å². The van der Waals surface area contributed by atoms with Crippen LogP contribution in [0, 0.1) is 12.3 Å². The van der Waals surface area contributed by atoms with Gasteiger partial charge in [0.2, 0.25) is 17.0 Å². The Morgan fingerprint density at radius 2 is 2.57 bits per heavy atom. The van der Waals surface area contributed by atoms with E-state index in [2.05, 4.69) is 26.4 Å². The summed E-state index contributed by atoms with van der Waals surface area (Å²) < 4.78 is 0. The molecule has 4 N–H and O–H groups in total. The lowest BCUT2D eigenvalue weighted by Gasteiger charge is -1.97. The zero-order valence-electron chi connectivity index (χ0n) is 7.28. The van der Waals surface area contributed by atoms with Crippen LogP contribution in [0.5, 0.6) is 0 Å². The summed E-state index contributed by atoms with van der Waals surface area (Å²) in [5, 5.41) is 9.18. The zero-order chi connectivity index (χ0) is 10.4. The molecule has 0 fully saturated rings. The monoisotopic (exact) mass is 211 g/mol. The molecule has 0 saturated heterocycles. The predicted molar refractivity (Wildman–Crippen MR) is 53.4 cm³/mol. The zero-order valence-corrected chi connectivity index (χ0v) is 8.10. The van der Waals surface area contributed by atoms with Gasteiger partial charge in [-0.25, -0.2) is 5.10 Å². The molecule has 0 radical (unpaired) electrons. The van der Waals surface area contributed by atoms with Crippen molar-refractivity contribution in [3.8, 4) is 12.3 Å². The minimum atomic E-state index is -0.156. The Kier molecular flexibility index (Phi) is 3.82. The van der Waals surface area contributed by atoms with Crippen LogP contribution in [0.2, 0.25) is 0 Å². The van der Waals surface area contributed by atoms with Gasteiger partial charge in [0.25, 0.3) is 0 Å². The van der Waals surface area contributed by atoms with E-state index in [1.807, 2.05) is 0 Å². The Morgan fingerprint density at radius 3 is 3.14 bits per heavy atom. The highest BCUT2D eigenvalue weighted by Crippen LogP contribution is 2.11. The molecule has 7 heteroatoms. The van der Waals surface area contributed by atoms with Gasteiger partial charge in [0.1, 0.15) is 0 Å². The lowest BCUT2D eigenvalue weighted by Crippen LogP contribution is -2.25.